The molecule has 0 amide bonds. The van der Waals surface area contributed by atoms with Gasteiger partial charge in [-0.15, -0.1) is 0 Å². The number of benzene rings is 1. The number of hydrogen-bond donors (Lipinski definition) is 2. The van der Waals surface area contributed by atoms with Crippen LogP contribution in [0.2, 0.25) is 0 Å². The van der Waals surface area contributed by atoms with E-state index in [4.69, 9.17) is 19.5 Å². The Kier molecular flexibility index (Phi) is 4.04. The zero-order chi connectivity index (χ0) is 12.3. The third-order valence-electron chi connectivity index (χ3n) is 2.95. The summed E-state index contributed by atoms with van der Waals surface area (Å²) in [7, 11) is -1.43. The molecule has 1 aromatic rings. The monoisotopic (exact) mass is 236 g/mol. The van der Waals surface area contributed by atoms with E-state index in [1.54, 1.807) is 18.2 Å². The van der Waals surface area contributed by atoms with Gasteiger partial charge in [0.25, 0.3) is 0 Å². The summed E-state index contributed by atoms with van der Waals surface area (Å²) >= 11 is 0. The van der Waals surface area contributed by atoms with Crippen molar-refractivity contribution in [1.29, 1.82) is 0 Å². The highest BCUT2D eigenvalue weighted by Crippen LogP contribution is 2.18. The van der Waals surface area contributed by atoms with E-state index in [1.807, 2.05) is 6.92 Å². The Labute approximate surface area is 101 Å². The largest absolute Gasteiger partial charge is 0.491 e. The third kappa shape index (κ3) is 3.22. The van der Waals surface area contributed by atoms with E-state index in [2.05, 4.69) is 0 Å². The maximum Gasteiger partial charge on any atom is 0.488 e. The summed E-state index contributed by atoms with van der Waals surface area (Å²) in [4.78, 5) is 0. The van der Waals surface area contributed by atoms with Crippen LogP contribution in [-0.4, -0.2) is 36.5 Å². The zero-order valence-corrected chi connectivity index (χ0v) is 9.93. The Morgan fingerprint density at radius 1 is 1.47 bits per heavy atom. The maximum absolute atomic E-state index is 9.04. The van der Waals surface area contributed by atoms with E-state index < -0.39 is 7.12 Å². The van der Waals surface area contributed by atoms with Crippen LogP contribution in [0.4, 0.5) is 0 Å². The van der Waals surface area contributed by atoms with Crippen molar-refractivity contribution >= 4 is 12.6 Å². The lowest BCUT2D eigenvalue weighted by Crippen LogP contribution is -2.30. The van der Waals surface area contributed by atoms with Crippen LogP contribution in [0.1, 0.15) is 18.4 Å². The molecule has 0 aromatic heterocycles. The van der Waals surface area contributed by atoms with E-state index in [0.29, 0.717) is 12.1 Å². The molecule has 0 spiro atoms. The van der Waals surface area contributed by atoms with Gasteiger partial charge in [-0.2, -0.15) is 0 Å². The number of rotatable bonds is 4. The number of hydrogen-bond acceptors (Lipinski definition) is 4. The molecule has 0 bridgehead atoms. The molecule has 1 fully saturated rings. The van der Waals surface area contributed by atoms with Crippen molar-refractivity contribution < 1.29 is 19.5 Å². The summed E-state index contributed by atoms with van der Waals surface area (Å²) in [5, 5.41) is 18.1. The van der Waals surface area contributed by atoms with Crippen molar-refractivity contribution in [3.05, 3.63) is 23.8 Å². The topological polar surface area (TPSA) is 58.9 Å². The van der Waals surface area contributed by atoms with Gasteiger partial charge in [0.2, 0.25) is 0 Å². The fraction of sp³-hybridized carbons (Fsp3) is 0.500. The van der Waals surface area contributed by atoms with E-state index in [-0.39, 0.29) is 6.10 Å². The fourth-order valence-corrected chi connectivity index (χ4v) is 1.95. The molecule has 1 unspecified atom stereocenters. The van der Waals surface area contributed by atoms with Crippen molar-refractivity contribution in [2.75, 3.05) is 13.2 Å². The SMILES string of the molecule is Cc1cc(B(O)O)ccc1OCC1CCCO1. The van der Waals surface area contributed by atoms with Gasteiger partial charge in [-0.25, -0.2) is 0 Å². The van der Waals surface area contributed by atoms with Gasteiger partial charge in [-0.05, 0) is 36.9 Å². The van der Waals surface area contributed by atoms with E-state index in [9.17, 15) is 0 Å². The first-order valence-electron chi connectivity index (χ1n) is 5.88. The standard InChI is InChI=1S/C12H17BO4/c1-9-7-10(13(14)15)4-5-12(9)17-8-11-3-2-6-16-11/h4-5,7,11,14-15H,2-3,6,8H2,1H3. The molecule has 1 atom stereocenters. The van der Waals surface area contributed by atoms with Crippen molar-refractivity contribution in [3.8, 4) is 5.75 Å². The molecule has 0 saturated carbocycles. The van der Waals surface area contributed by atoms with Crippen LogP contribution in [0.15, 0.2) is 18.2 Å². The highest BCUT2D eigenvalue weighted by molar-refractivity contribution is 6.58. The fourth-order valence-electron chi connectivity index (χ4n) is 1.95. The van der Waals surface area contributed by atoms with Gasteiger partial charge >= 0.3 is 7.12 Å². The second kappa shape index (κ2) is 5.53. The Morgan fingerprint density at radius 2 is 2.29 bits per heavy atom. The van der Waals surface area contributed by atoms with Crippen LogP contribution in [0.25, 0.3) is 0 Å². The predicted molar refractivity (Wildman–Crippen MR) is 65.5 cm³/mol. The van der Waals surface area contributed by atoms with Gasteiger partial charge in [0.05, 0.1) is 6.10 Å². The molecule has 1 aliphatic rings. The van der Waals surface area contributed by atoms with Crippen LogP contribution < -0.4 is 10.2 Å². The molecule has 1 aliphatic heterocycles. The van der Waals surface area contributed by atoms with Crippen LogP contribution in [0.5, 0.6) is 5.75 Å². The molecule has 1 heterocycles. The summed E-state index contributed by atoms with van der Waals surface area (Å²) in [6.07, 6.45) is 2.34. The first-order valence-corrected chi connectivity index (χ1v) is 5.88. The lowest BCUT2D eigenvalue weighted by Gasteiger charge is -2.14. The van der Waals surface area contributed by atoms with Gasteiger partial charge in [0.15, 0.2) is 0 Å². The van der Waals surface area contributed by atoms with Crippen molar-refractivity contribution in [1.82, 2.24) is 0 Å². The molecule has 1 aromatic carbocycles. The Morgan fingerprint density at radius 3 is 2.88 bits per heavy atom. The second-order valence-corrected chi connectivity index (χ2v) is 4.34. The summed E-state index contributed by atoms with van der Waals surface area (Å²) in [6, 6.07) is 5.14. The Bertz CT molecular complexity index is 375. The lowest BCUT2D eigenvalue weighted by molar-refractivity contribution is 0.0677. The zero-order valence-electron chi connectivity index (χ0n) is 9.93. The van der Waals surface area contributed by atoms with Gasteiger partial charge in [-0.1, -0.05) is 12.1 Å². The maximum atomic E-state index is 9.04. The third-order valence-corrected chi connectivity index (χ3v) is 2.95. The van der Waals surface area contributed by atoms with Crippen LogP contribution in [0, 0.1) is 6.92 Å². The van der Waals surface area contributed by atoms with Gasteiger partial charge in [0, 0.05) is 6.61 Å². The highest BCUT2D eigenvalue weighted by atomic mass is 16.5. The molecule has 92 valence electrons. The van der Waals surface area contributed by atoms with Gasteiger partial charge in [0.1, 0.15) is 12.4 Å². The molecule has 1 saturated heterocycles. The number of aryl methyl sites for hydroxylation is 1. The summed E-state index contributed by atoms with van der Waals surface area (Å²) in [5.74, 6) is 0.768. The lowest BCUT2D eigenvalue weighted by atomic mass is 9.79. The van der Waals surface area contributed by atoms with E-state index >= 15 is 0 Å². The minimum atomic E-state index is -1.43. The summed E-state index contributed by atoms with van der Waals surface area (Å²) in [6.45, 7) is 3.27. The highest BCUT2D eigenvalue weighted by Gasteiger charge is 2.17. The van der Waals surface area contributed by atoms with Crippen molar-refractivity contribution in [2.45, 2.75) is 25.9 Å². The Hall–Kier alpha value is -1.04. The molecule has 17 heavy (non-hydrogen) atoms. The molecule has 5 heteroatoms. The normalized spacial score (nSPS) is 19.4. The molecule has 2 rings (SSSR count). The predicted octanol–water partition coefficient (Wildman–Crippen LogP) is 0.233. The first kappa shape index (κ1) is 12.4. The van der Waals surface area contributed by atoms with E-state index in [1.165, 1.54) is 0 Å². The average Bonchev–Trinajstić information content (AvgIpc) is 2.80. The summed E-state index contributed by atoms with van der Waals surface area (Å²) in [5.41, 5.74) is 1.38. The van der Waals surface area contributed by atoms with Crippen LogP contribution in [-0.2, 0) is 4.74 Å². The second-order valence-electron chi connectivity index (χ2n) is 4.34. The first-order chi connectivity index (χ1) is 8.16. The van der Waals surface area contributed by atoms with Gasteiger partial charge < -0.3 is 19.5 Å². The quantitative estimate of drug-likeness (QED) is 0.735. The van der Waals surface area contributed by atoms with E-state index in [0.717, 1.165) is 30.8 Å². The molecular weight excluding hydrogens is 219 g/mol. The molecule has 0 aliphatic carbocycles. The Balaban J connectivity index is 1.96. The van der Waals surface area contributed by atoms with Crippen molar-refractivity contribution in [3.63, 3.8) is 0 Å². The molecule has 2 N–H and O–H groups in total. The minimum Gasteiger partial charge on any atom is -0.491 e. The summed E-state index contributed by atoms with van der Waals surface area (Å²) < 4.78 is 11.1. The van der Waals surface area contributed by atoms with Crippen molar-refractivity contribution in [2.24, 2.45) is 0 Å². The van der Waals surface area contributed by atoms with Crippen LogP contribution in [0.3, 0.4) is 0 Å². The minimum absolute atomic E-state index is 0.192. The molecular formula is C12H17BO4. The van der Waals surface area contributed by atoms with Crippen LogP contribution >= 0.6 is 0 Å². The molecule has 4 nitrogen and oxygen atoms in total. The average molecular weight is 236 g/mol. The van der Waals surface area contributed by atoms with Gasteiger partial charge in [-0.3, -0.25) is 0 Å². The molecule has 0 radical (unpaired) electrons. The smallest absolute Gasteiger partial charge is 0.488 e. The number of ether oxygens (including phenoxy) is 2.